The van der Waals surface area contributed by atoms with E-state index >= 15 is 0 Å². The summed E-state index contributed by atoms with van der Waals surface area (Å²) in [7, 11) is 0. The van der Waals surface area contributed by atoms with Crippen LogP contribution in [0.15, 0.2) is 62.0 Å². The normalized spacial score (nSPS) is 11.3. The largest absolute Gasteiger partial charge is 0.461 e. The smallest absolute Gasteiger partial charge is 0.263 e. The Kier molecular flexibility index (Phi) is 2.67. The minimum Gasteiger partial charge on any atom is -0.461 e. The zero-order valence-electron chi connectivity index (χ0n) is 11.5. The summed E-state index contributed by atoms with van der Waals surface area (Å²) in [5.74, 6) is 2.42. The fourth-order valence-corrected chi connectivity index (χ4v) is 2.30. The van der Waals surface area contributed by atoms with Gasteiger partial charge in [0.1, 0.15) is 5.52 Å². The van der Waals surface area contributed by atoms with Crippen LogP contribution in [0, 0.1) is 0 Å². The summed E-state index contributed by atoms with van der Waals surface area (Å²) in [6, 6.07) is 13.4. The van der Waals surface area contributed by atoms with Gasteiger partial charge in [-0.1, -0.05) is 13.0 Å². The van der Waals surface area contributed by atoms with E-state index in [1.165, 1.54) is 5.56 Å². The van der Waals surface area contributed by atoms with Crippen LogP contribution in [-0.2, 0) is 6.42 Å². The molecule has 0 aliphatic heterocycles. The number of furan rings is 2. The lowest BCUT2D eigenvalue weighted by Gasteiger charge is -1.92. The standard InChI is InChI=1S/C17H13NO3/c1-2-11-5-6-13-12(10-11)18-17(21-13)16-8-7-15(20-16)14-4-3-9-19-14/h3-10H,2H2,1H3. The van der Waals surface area contributed by atoms with Crippen LogP contribution in [0.1, 0.15) is 12.5 Å². The maximum Gasteiger partial charge on any atom is 0.263 e. The fraction of sp³-hybridized carbons (Fsp3) is 0.118. The Morgan fingerprint density at radius 2 is 1.86 bits per heavy atom. The van der Waals surface area contributed by atoms with Gasteiger partial charge < -0.3 is 13.3 Å². The third-order valence-electron chi connectivity index (χ3n) is 3.44. The Morgan fingerprint density at radius 3 is 2.67 bits per heavy atom. The Hall–Kier alpha value is -2.75. The number of nitrogens with zero attached hydrogens (tertiary/aromatic N) is 1. The van der Waals surface area contributed by atoms with Gasteiger partial charge in [-0.25, -0.2) is 4.98 Å². The lowest BCUT2D eigenvalue weighted by Crippen LogP contribution is -1.78. The molecule has 0 aliphatic carbocycles. The second-order valence-corrected chi connectivity index (χ2v) is 4.82. The number of hydrogen-bond donors (Lipinski definition) is 0. The highest BCUT2D eigenvalue weighted by molar-refractivity contribution is 5.76. The molecule has 4 heteroatoms. The third kappa shape index (κ3) is 2.05. The van der Waals surface area contributed by atoms with Crippen molar-refractivity contribution in [1.82, 2.24) is 4.98 Å². The topological polar surface area (TPSA) is 52.3 Å². The Labute approximate surface area is 121 Å². The molecule has 0 N–H and O–H groups in total. The number of fused-ring (bicyclic) bond motifs is 1. The van der Waals surface area contributed by atoms with Gasteiger partial charge >= 0.3 is 0 Å². The molecule has 4 rings (SSSR count). The summed E-state index contributed by atoms with van der Waals surface area (Å²) in [5, 5.41) is 0. The first-order chi connectivity index (χ1) is 10.3. The van der Waals surface area contributed by atoms with Gasteiger partial charge in [0, 0.05) is 0 Å². The SMILES string of the molecule is CCc1ccc2oc(-c3ccc(-c4ccco4)o3)nc2c1. The molecule has 3 heterocycles. The maximum atomic E-state index is 5.75. The molecule has 0 saturated heterocycles. The molecule has 0 fully saturated rings. The zero-order chi connectivity index (χ0) is 14.2. The van der Waals surface area contributed by atoms with E-state index < -0.39 is 0 Å². The van der Waals surface area contributed by atoms with Gasteiger partial charge in [-0.05, 0) is 48.4 Å². The zero-order valence-corrected chi connectivity index (χ0v) is 11.5. The molecule has 1 aromatic carbocycles. The first-order valence-corrected chi connectivity index (χ1v) is 6.87. The molecule has 0 amide bonds. The van der Waals surface area contributed by atoms with Gasteiger partial charge in [0.25, 0.3) is 5.89 Å². The minimum absolute atomic E-state index is 0.482. The van der Waals surface area contributed by atoms with E-state index in [-0.39, 0.29) is 0 Å². The van der Waals surface area contributed by atoms with Crippen LogP contribution in [0.2, 0.25) is 0 Å². The van der Waals surface area contributed by atoms with E-state index in [0.29, 0.717) is 23.2 Å². The first-order valence-electron chi connectivity index (χ1n) is 6.87. The molecule has 0 radical (unpaired) electrons. The quantitative estimate of drug-likeness (QED) is 0.534. The number of hydrogen-bond acceptors (Lipinski definition) is 4. The molecule has 0 atom stereocenters. The summed E-state index contributed by atoms with van der Waals surface area (Å²) in [4.78, 5) is 4.50. The molecule has 0 spiro atoms. The van der Waals surface area contributed by atoms with Gasteiger partial charge in [-0.15, -0.1) is 0 Å². The summed E-state index contributed by atoms with van der Waals surface area (Å²) < 4.78 is 16.8. The van der Waals surface area contributed by atoms with Crippen molar-refractivity contribution in [2.45, 2.75) is 13.3 Å². The highest BCUT2D eigenvalue weighted by Crippen LogP contribution is 2.30. The molecule has 4 nitrogen and oxygen atoms in total. The second kappa shape index (κ2) is 4.66. The van der Waals surface area contributed by atoms with Gasteiger partial charge in [0.15, 0.2) is 22.9 Å². The molecule has 0 saturated carbocycles. The van der Waals surface area contributed by atoms with Gasteiger partial charge in [0.2, 0.25) is 0 Å². The Morgan fingerprint density at radius 1 is 0.952 bits per heavy atom. The van der Waals surface area contributed by atoms with E-state index in [4.69, 9.17) is 13.3 Å². The molecule has 0 bridgehead atoms. The van der Waals surface area contributed by atoms with Crippen LogP contribution in [0.3, 0.4) is 0 Å². The van der Waals surface area contributed by atoms with Crippen molar-refractivity contribution in [2.24, 2.45) is 0 Å². The minimum atomic E-state index is 0.482. The van der Waals surface area contributed by atoms with E-state index in [1.54, 1.807) is 6.26 Å². The average molecular weight is 279 g/mol. The lowest BCUT2D eigenvalue weighted by atomic mass is 10.1. The van der Waals surface area contributed by atoms with E-state index in [9.17, 15) is 0 Å². The van der Waals surface area contributed by atoms with Gasteiger partial charge in [0.05, 0.1) is 6.26 Å². The summed E-state index contributed by atoms with van der Waals surface area (Å²) in [5.41, 5.74) is 2.84. The van der Waals surface area contributed by atoms with Crippen molar-refractivity contribution in [1.29, 1.82) is 0 Å². The molecular weight excluding hydrogens is 266 g/mol. The summed E-state index contributed by atoms with van der Waals surface area (Å²) in [6.07, 6.45) is 2.59. The average Bonchev–Trinajstić information content (AvgIpc) is 3.23. The Bertz CT molecular complexity index is 884. The number of aromatic nitrogens is 1. The molecule has 3 aromatic heterocycles. The summed E-state index contributed by atoms with van der Waals surface area (Å²) >= 11 is 0. The monoisotopic (exact) mass is 279 g/mol. The van der Waals surface area contributed by atoms with E-state index in [0.717, 1.165) is 17.5 Å². The molecule has 4 aromatic rings. The lowest BCUT2D eigenvalue weighted by molar-refractivity contribution is 0.513. The molecule has 0 aliphatic rings. The van der Waals surface area contributed by atoms with Crippen molar-refractivity contribution in [2.75, 3.05) is 0 Å². The van der Waals surface area contributed by atoms with Crippen molar-refractivity contribution in [3.63, 3.8) is 0 Å². The van der Waals surface area contributed by atoms with Gasteiger partial charge in [-0.3, -0.25) is 0 Å². The second-order valence-electron chi connectivity index (χ2n) is 4.82. The number of rotatable bonds is 3. The van der Waals surface area contributed by atoms with Crippen LogP contribution in [-0.4, -0.2) is 4.98 Å². The fourth-order valence-electron chi connectivity index (χ4n) is 2.30. The number of aryl methyl sites for hydroxylation is 1. The van der Waals surface area contributed by atoms with Crippen LogP contribution < -0.4 is 0 Å². The summed E-state index contributed by atoms with van der Waals surface area (Å²) in [6.45, 7) is 2.12. The van der Waals surface area contributed by atoms with Crippen LogP contribution >= 0.6 is 0 Å². The maximum absolute atomic E-state index is 5.75. The first kappa shape index (κ1) is 12.0. The molecular formula is C17H13NO3. The molecule has 0 unspecified atom stereocenters. The highest BCUT2D eigenvalue weighted by atomic mass is 16.4. The predicted molar refractivity (Wildman–Crippen MR) is 78.8 cm³/mol. The number of benzene rings is 1. The van der Waals surface area contributed by atoms with Crippen LogP contribution in [0.4, 0.5) is 0 Å². The third-order valence-corrected chi connectivity index (χ3v) is 3.44. The van der Waals surface area contributed by atoms with Crippen LogP contribution in [0.25, 0.3) is 34.3 Å². The van der Waals surface area contributed by atoms with Crippen molar-refractivity contribution in [3.05, 3.63) is 54.3 Å². The van der Waals surface area contributed by atoms with E-state index in [2.05, 4.69) is 11.9 Å². The molecule has 104 valence electrons. The van der Waals surface area contributed by atoms with Crippen molar-refractivity contribution in [3.8, 4) is 23.2 Å². The van der Waals surface area contributed by atoms with Crippen LogP contribution in [0.5, 0.6) is 0 Å². The van der Waals surface area contributed by atoms with Crippen molar-refractivity contribution < 1.29 is 13.3 Å². The Balaban J connectivity index is 1.76. The number of oxazole rings is 1. The molecule has 21 heavy (non-hydrogen) atoms. The predicted octanol–water partition coefficient (Wildman–Crippen LogP) is 4.91. The van der Waals surface area contributed by atoms with Crippen molar-refractivity contribution >= 4 is 11.1 Å². The van der Waals surface area contributed by atoms with E-state index in [1.807, 2.05) is 42.5 Å². The van der Waals surface area contributed by atoms with Gasteiger partial charge in [-0.2, -0.15) is 0 Å². The highest BCUT2D eigenvalue weighted by Gasteiger charge is 2.14.